The number of thiophene rings is 1. The quantitative estimate of drug-likeness (QED) is 0.617. The molecule has 0 saturated carbocycles. The third kappa shape index (κ3) is 1.01. The molecule has 0 fully saturated rings. The molecule has 1 heterocycles. The van der Waals surface area contributed by atoms with Crippen molar-refractivity contribution in [3.8, 4) is 0 Å². The molecule has 0 radical (unpaired) electrons. The van der Waals surface area contributed by atoms with Crippen LogP contribution in [0.3, 0.4) is 0 Å². The van der Waals surface area contributed by atoms with Crippen molar-refractivity contribution < 1.29 is 4.79 Å². The molecule has 0 saturated heterocycles. The zero-order valence-corrected chi connectivity index (χ0v) is 7.47. The Morgan fingerprint density at radius 1 is 1.36 bits per heavy atom. The van der Waals surface area contributed by atoms with E-state index in [4.69, 9.17) is 11.6 Å². The fourth-order valence-electron chi connectivity index (χ4n) is 1.55. The van der Waals surface area contributed by atoms with E-state index in [9.17, 15) is 4.79 Å². The molecular formula is C8H7ClOS. The molecule has 1 aliphatic carbocycles. The normalized spacial score (nSPS) is 15.0. The molecule has 0 spiro atoms. The first-order valence-corrected chi connectivity index (χ1v) is 4.77. The zero-order chi connectivity index (χ0) is 7.84. The van der Waals surface area contributed by atoms with Crippen LogP contribution in [0.5, 0.6) is 0 Å². The second-order valence-electron chi connectivity index (χ2n) is 2.67. The molecule has 0 aliphatic heterocycles. The van der Waals surface area contributed by atoms with Crippen LogP contribution in [0.1, 0.15) is 27.2 Å². The molecule has 1 aromatic heterocycles. The number of aldehydes is 1. The molecular weight excluding hydrogens is 180 g/mol. The van der Waals surface area contributed by atoms with Gasteiger partial charge in [-0.1, -0.05) is 11.6 Å². The first-order valence-electron chi connectivity index (χ1n) is 3.58. The minimum atomic E-state index is 0.819. The van der Waals surface area contributed by atoms with Crippen molar-refractivity contribution in [1.29, 1.82) is 0 Å². The number of carbonyl (C=O) groups excluding carboxylic acids is 1. The summed E-state index contributed by atoms with van der Waals surface area (Å²) in [5.41, 5.74) is 2.42. The van der Waals surface area contributed by atoms with Gasteiger partial charge in [0.15, 0.2) is 6.29 Å². The Bertz CT molecular complexity index is 303. The van der Waals surface area contributed by atoms with Crippen LogP contribution in [0.15, 0.2) is 0 Å². The lowest BCUT2D eigenvalue weighted by Gasteiger charge is -1.86. The minimum absolute atomic E-state index is 0.819. The summed E-state index contributed by atoms with van der Waals surface area (Å²) in [4.78, 5) is 11.4. The van der Waals surface area contributed by atoms with Crippen LogP contribution in [0, 0.1) is 0 Å². The summed E-state index contributed by atoms with van der Waals surface area (Å²) in [7, 11) is 0. The molecule has 58 valence electrons. The number of fused-ring (bicyclic) bond motifs is 1. The van der Waals surface area contributed by atoms with Gasteiger partial charge in [-0.25, -0.2) is 0 Å². The van der Waals surface area contributed by atoms with Gasteiger partial charge in [-0.05, 0) is 30.4 Å². The maximum absolute atomic E-state index is 10.5. The second-order valence-corrected chi connectivity index (χ2v) is 4.32. The average molecular weight is 187 g/mol. The van der Waals surface area contributed by atoms with E-state index in [1.165, 1.54) is 22.5 Å². The molecule has 1 aliphatic rings. The summed E-state index contributed by atoms with van der Waals surface area (Å²) >= 11 is 7.34. The molecule has 1 aromatic rings. The SMILES string of the molecule is O=Cc1sc(Cl)c2c1CCC2. The summed E-state index contributed by atoms with van der Waals surface area (Å²) < 4.78 is 0.819. The number of carbonyl (C=O) groups is 1. The van der Waals surface area contributed by atoms with E-state index in [1.54, 1.807) is 0 Å². The van der Waals surface area contributed by atoms with Crippen molar-refractivity contribution in [1.82, 2.24) is 0 Å². The van der Waals surface area contributed by atoms with Gasteiger partial charge in [0.2, 0.25) is 0 Å². The lowest BCUT2D eigenvalue weighted by atomic mass is 10.2. The summed E-state index contributed by atoms with van der Waals surface area (Å²) in [6, 6.07) is 0. The van der Waals surface area contributed by atoms with Crippen LogP contribution in [0.25, 0.3) is 0 Å². The van der Waals surface area contributed by atoms with Crippen molar-refractivity contribution in [3.63, 3.8) is 0 Å². The smallest absolute Gasteiger partial charge is 0.160 e. The summed E-state index contributed by atoms with van der Waals surface area (Å²) in [5.74, 6) is 0. The van der Waals surface area contributed by atoms with Crippen molar-refractivity contribution in [3.05, 3.63) is 20.3 Å². The van der Waals surface area contributed by atoms with Crippen LogP contribution in [0.2, 0.25) is 4.34 Å². The molecule has 0 unspecified atom stereocenters. The van der Waals surface area contributed by atoms with Crippen molar-refractivity contribution in [2.45, 2.75) is 19.3 Å². The largest absolute Gasteiger partial charge is 0.297 e. The van der Waals surface area contributed by atoms with Gasteiger partial charge in [0.05, 0.1) is 9.21 Å². The van der Waals surface area contributed by atoms with Crippen LogP contribution in [0.4, 0.5) is 0 Å². The Morgan fingerprint density at radius 2 is 2.09 bits per heavy atom. The lowest BCUT2D eigenvalue weighted by molar-refractivity contribution is 0.112. The third-order valence-electron chi connectivity index (χ3n) is 2.06. The maximum Gasteiger partial charge on any atom is 0.160 e. The van der Waals surface area contributed by atoms with E-state index in [1.807, 2.05) is 0 Å². The van der Waals surface area contributed by atoms with Crippen molar-refractivity contribution in [2.24, 2.45) is 0 Å². The Hall–Kier alpha value is -0.340. The van der Waals surface area contributed by atoms with Gasteiger partial charge in [-0.3, -0.25) is 4.79 Å². The topological polar surface area (TPSA) is 17.1 Å². The number of halogens is 1. The first-order chi connectivity index (χ1) is 5.33. The van der Waals surface area contributed by atoms with Gasteiger partial charge in [-0.2, -0.15) is 0 Å². The van der Waals surface area contributed by atoms with E-state index < -0.39 is 0 Å². The van der Waals surface area contributed by atoms with Gasteiger partial charge in [0.25, 0.3) is 0 Å². The van der Waals surface area contributed by atoms with Crippen molar-refractivity contribution >= 4 is 29.2 Å². The Balaban J connectivity index is 2.60. The van der Waals surface area contributed by atoms with Gasteiger partial charge in [-0.15, -0.1) is 11.3 Å². The first kappa shape index (κ1) is 7.32. The van der Waals surface area contributed by atoms with Gasteiger partial charge < -0.3 is 0 Å². The second kappa shape index (κ2) is 2.61. The van der Waals surface area contributed by atoms with E-state index in [-0.39, 0.29) is 0 Å². The van der Waals surface area contributed by atoms with E-state index >= 15 is 0 Å². The minimum Gasteiger partial charge on any atom is -0.297 e. The molecule has 0 atom stereocenters. The standard InChI is InChI=1S/C8H7ClOS/c9-8-6-3-1-2-5(6)7(4-10)11-8/h4H,1-3H2. The molecule has 1 nitrogen and oxygen atoms in total. The van der Waals surface area contributed by atoms with E-state index in [2.05, 4.69) is 0 Å². The summed E-state index contributed by atoms with van der Waals surface area (Å²) in [6.07, 6.45) is 4.16. The molecule has 3 heteroatoms. The van der Waals surface area contributed by atoms with E-state index in [0.717, 1.165) is 34.8 Å². The number of hydrogen-bond donors (Lipinski definition) is 0. The van der Waals surface area contributed by atoms with Crippen LogP contribution >= 0.6 is 22.9 Å². The molecule has 0 aromatic carbocycles. The molecule has 0 bridgehead atoms. The third-order valence-corrected chi connectivity index (χ3v) is 3.51. The highest BCUT2D eigenvalue weighted by atomic mass is 35.5. The van der Waals surface area contributed by atoms with Crippen molar-refractivity contribution in [2.75, 3.05) is 0 Å². The lowest BCUT2D eigenvalue weighted by Crippen LogP contribution is -1.80. The van der Waals surface area contributed by atoms with Gasteiger partial charge >= 0.3 is 0 Å². The zero-order valence-electron chi connectivity index (χ0n) is 5.89. The Labute approximate surface area is 74.0 Å². The molecule has 0 amide bonds. The van der Waals surface area contributed by atoms with Crippen LogP contribution < -0.4 is 0 Å². The van der Waals surface area contributed by atoms with Gasteiger partial charge in [0, 0.05) is 0 Å². The maximum atomic E-state index is 10.5. The van der Waals surface area contributed by atoms with Gasteiger partial charge in [0.1, 0.15) is 0 Å². The Morgan fingerprint density at radius 3 is 2.82 bits per heavy atom. The van der Waals surface area contributed by atoms with E-state index in [0.29, 0.717) is 0 Å². The fraction of sp³-hybridized carbons (Fsp3) is 0.375. The predicted molar refractivity (Wildman–Crippen MR) is 46.7 cm³/mol. The molecule has 0 N–H and O–H groups in total. The highest BCUT2D eigenvalue weighted by Gasteiger charge is 2.20. The molecule has 2 rings (SSSR count). The predicted octanol–water partition coefficient (Wildman–Crippen LogP) is 2.70. The highest BCUT2D eigenvalue weighted by molar-refractivity contribution is 7.18. The highest BCUT2D eigenvalue weighted by Crippen LogP contribution is 2.37. The Kier molecular flexibility index (Phi) is 1.74. The number of rotatable bonds is 1. The van der Waals surface area contributed by atoms with Crippen LogP contribution in [-0.2, 0) is 12.8 Å². The average Bonchev–Trinajstić information content (AvgIpc) is 2.54. The molecule has 11 heavy (non-hydrogen) atoms. The van der Waals surface area contributed by atoms with Crippen LogP contribution in [-0.4, -0.2) is 6.29 Å². The fourth-order valence-corrected chi connectivity index (χ4v) is 2.94. The number of hydrogen-bond acceptors (Lipinski definition) is 2. The summed E-state index contributed by atoms with van der Waals surface area (Å²) in [6.45, 7) is 0. The summed E-state index contributed by atoms with van der Waals surface area (Å²) in [5, 5.41) is 0. The monoisotopic (exact) mass is 186 g/mol.